The first-order valence-electron chi connectivity index (χ1n) is 12.5. The first-order chi connectivity index (χ1) is 18.9. The highest BCUT2D eigenvalue weighted by molar-refractivity contribution is 6.21. The van der Waals surface area contributed by atoms with E-state index in [1.807, 2.05) is 61.5 Å². The molecule has 0 aliphatic carbocycles. The average Bonchev–Trinajstić information content (AvgIpc) is 3.04. The van der Waals surface area contributed by atoms with Gasteiger partial charge in [0.15, 0.2) is 5.78 Å². The van der Waals surface area contributed by atoms with Crippen molar-refractivity contribution in [3.05, 3.63) is 125 Å². The van der Waals surface area contributed by atoms with Gasteiger partial charge in [0.05, 0.1) is 17.9 Å². The second-order valence-electron chi connectivity index (χ2n) is 9.20. The molecule has 0 radical (unpaired) electrons. The van der Waals surface area contributed by atoms with Crippen LogP contribution in [0.3, 0.4) is 0 Å². The standard InChI is InChI=1S/C31H27N5O3/c1-20-14-16-21(17-15-20)27(37)19-36-26-13-6-5-12-25(26)28(22-8-3-2-4-9-22)34-29(30(36)38)35-31(39)33-24-11-7-10-23(32)18-24/h2-18,29H,19,32H2,1H3,(H2,33,35,39). The molecule has 0 fully saturated rings. The molecule has 1 atom stereocenters. The minimum atomic E-state index is -1.29. The highest BCUT2D eigenvalue weighted by atomic mass is 16.2. The summed E-state index contributed by atoms with van der Waals surface area (Å²) in [5.41, 5.74) is 10.8. The molecule has 5 rings (SSSR count). The lowest BCUT2D eigenvalue weighted by molar-refractivity contribution is -0.120. The van der Waals surface area contributed by atoms with Gasteiger partial charge in [-0.05, 0) is 31.2 Å². The Bertz CT molecular complexity index is 1560. The highest BCUT2D eigenvalue weighted by Crippen LogP contribution is 2.28. The lowest BCUT2D eigenvalue weighted by Gasteiger charge is -2.25. The number of para-hydroxylation sites is 1. The fraction of sp³-hybridized carbons (Fsp3) is 0.0968. The molecule has 4 aromatic rings. The Hall–Kier alpha value is -5.24. The molecule has 4 aromatic carbocycles. The summed E-state index contributed by atoms with van der Waals surface area (Å²) in [6.45, 7) is 1.72. The van der Waals surface area contributed by atoms with Gasteiger partial charge >= 0.3 is 6.03 Å². The van der Waals surface area contributed by atoms with Crippen LogP contribution in [-0.4, -0.2) is 36.1 Å². The van der Waals surface area contributed by atoms with Crippen molar-refractivity contribution in [2.75, 3.05) is 22.5 Å². The normalized spacial score (nSPS) is 14.6. The van der Waals surface area contributed by atoms with Crippen LogP contribution in [0.25, 0.3) is 0 Å². The fourth-order valence-corrected chi connectivity index (χ4v) is 4.39. The van der Waals surface area contributed by atoms with Gasteiger partial charge in [0.25, 0.3) is 5.91 Å². The Kier molecular flexibility index (Phi) is 7.18. The van der Waals surface area contributed by atoms with Crippen LogP contribution in [0.15, 0.2) is 108 Å². The van der Waals surface area contributed by atoms with Gasteiger partial charge < -0.3 is 21.3 Å². The highest BCUT2D eigenvalue weighted by Gasteiger charge is 2.34. The number of carbonyl (C=O) groups is 3. The molecule has 1 heterocycles. The van der Waals surface area contributed by atoms with E-state index in [1.54, 1.807) is 48.5 Å². The molecule has 8 heteroatoms. The van der Waals surface area contributed by atoms with Gasteiger partial charge in [-0.2, -0.15) is 0 Å². The van der Waals surface area contributed by atoms with Crippen molar-refractivity contribution in [2.45, 2.75) is 13.1 Å². The number of aryl methyl sites for hydroxylation is 1. The van der Waals surface area contributed by atoms with Gasteiger partial charge in [-0.1, -0.05) is 84.4 Å². The Morgan fingerprint density at radius 3 is 2.36 bits per heavy atom. The fourth-order valence-electron chi connectivity index (χ4n) is 4.39. The maximum Gasteiger partial charge on any atom is 0.321 e. The Balaban J connectivity index is 1.53. The molecule has 0 saturated heterocycles. The maximum absolute atomic E-state index is 14.0. The maximum atomic E-state index is 14.0. The summed E-state index contributed by atoms with van der Waals surface area (Å²) < 4.78 is 0. The van der Waals surface area contributed by atoms with Crippen LogP contribution in [-0.2, 0) is 4.79 Å². The van der Waals surface area contributed by atoms with Crippen molar-refractivity contribution >= 4 is 40.5 Å². The SMILES string of the molecule is Cc1ccc(C(=O)CN2C(=O)C(NC(=O)Nc3cccc(N)c3)N=C(c3ccccc3)c3ccccc32)cc1. The van der Waals surface area contributed by atoms with Crippen molar-refractivity contribution in [1.82, 2.24) is 5.32 Å². The van der Waals surface area contributed by atoms with Crippen molar-refractivity contribution in [1.29, 1.82) is 0 Å². The van der Waals surface area contributed by atoms with E-state index < -0.39 is 18.1 Å². The zero-order chi connectivity index (χ0) is 27.4. The van der Waals surface area contributed by atoms with Crippen LogP contribution >= 0.6 is 0 Å². The number of nitrogens with zero attached hydrogens (tertiary/aromatic N) is 2. The first kappa shape index (κ1) is 25.4. The average molecular weight is 518 g/mol. The number of hydrogen-bond acceptors (Lipinski definition) is 5. The number of benzene rings is 4. The number of amides is 3. The molecule has 0 aromatic heterocycles. The number of fused-ring (bicyclic) bond motifs is 1. The van der Waals surface area contributed by atoms with E-state index in [2.05, 4.69) is 10.6 Å². The lowest BCUT2D eigenvalue weighted by Crippen LogP contribution is -2.49. The van der Waals surface area contributed by atoms with Gasteiger partial charge in [-0.25, -0.2) is 9.79 Å². The molecule has 0 bridgehead atoms. The number of anilines is 3. The molecule has 0 saturated carbocycles. The second kappa shape index (κ2) is 11.0. The molecule has 1 aliphatic heterocycles. The minimum Gasteiger partial charge on any atom is -0.399 e. The molecule has 39 heavy (non-hydrogen) atoms. The van der Waals surface area contributed by atoms with Crippen LogP contribution in [0.1, 0.15) is 27.0 Å². The number of hydrogen-bond donors (Lipinski definition) is 3. The van der Waals surface area contributed by atoms with Gasteiger partial charge in [0.1, 0.15) is 0 Å². The molecule has 4 N–H and O–H groups in total. The summed E-state index contributed by atoms with van der Waals surface area (Å²) in [5, 5.41) is 5.38. The van der Waals surface area contributed by atoms with E-state index in [-0.39, 0.29) is 12.3 Å². The van der Waals surface area contributed by atoms with Crippen LogP contribution in [0.4, 0.5) is 21.9 Å². The summed E-state index contributed by atoms with van der Waals surface area (Å²) in [6, 6.07) is 30.0. The number of Topliss-reactive ketones (excluding diaryl/α,β-unsaturated/α-hetero) is 1. The third kappa shape index (κ3) is 5.70. The molecular weight excluding hydrogens is 490 g/mol. The molecule has 1 unspecified atom stereocenters. The summed E-state index contributed by atoms with van der Waals surface area (Å²) in [6.07, 6.45) is -1.29. The smallest absolute Gasteiger partial charge is 0.321 e. The predicted molar refractivity (Wildman–Crippen MR) is 153 cm³/mol. The van der Waals surface area contributed by atoms with Crippen LogP contribution in [0, 0.1) is 6.92 Å². The first-order valence-corrected chi connectivity index (χ1v) is 12.5. The van der Waals surface area contributed by atoms with E-state index in [0.29, 0.717) is 33.9 Å². The zero-order valence-corrected chi connectivity index (χ0v) is 21.3. The summed E-state index contributed by atoms with van der Waals surface area (Å²) in [7, 11) is 0. The van der Waals surface area contributed by atoms with Crippen LogP contribution in [0.2, 0.25) is 0 Å². The van der Waals surface area contributed by atoms with Crippen molar-refractivity contribution in [3.8, 4) is 0 Å². The van der Waals surface area contributed by atoms with Crippen molar-refractivity contribution in [2.24, 2.45) is 4.99 Å². The quantitative estimate of drug-likeness (QED) is 0.252. The molecule has 1 aliphatic rings. The second-order valence-corrected chi connectivity index (χ2v) is 9.20. The van der Waals surface area contributed by atoms with E-state index in [9.17, 15) is 14.4 Å². The Labute approximate surface area is 226 Å². The number of ketones is 1. The van der Waals surface area contributed by atoms with Gasteiger partial charge in [0.2, 0.25) is 6.17 Å². The van der Waals surface area contributed by atoms with Gasteiger partial charge in [-0.3, -0.25) is 9.59 Å². The third-order valence-corrected chi connectivity index (χ3v) is 6.34. The largest absolute Gasteiger partial charge is 0.399 e. The van der Waals surface area contributed by atoms with Crippen molar-refractivity contribution < 1.29 is 14.4 Å². The van der Waals surface area contributed by atoms with E-state index in [4.69, 9.17) is 10.7 Å². The lowest BCUT2D eigenvalue weighted by atomic mass is 10.00. The number of nitrogens with two attached hydrogens (primary N) is 1. The molecule has 8 nitrogen and oxygen atoms in total. The summed E-state index contributed by atoms with van der Waals surface area (Å²) >= 11 is 0. The number of carbonyl (C=O) groups excluding carboxylic acids is 3. The Morgan fingerprint density at radius 1 is 0.897 bits per heavy atom. The molecular formula is C31H27N5O3. The summed E-state index contributed by atoms with van der Waals surface area (Å²) in [4.78, 5) is 46.4. The molecule has 194 valence electrons. The molecule has 0 spiro atoms. The number of nitrogen functional groups attached to an aromatic ring is 1. The van der Waals surface area contributed by atoms with E-state index >= 15 is 0 Å². The van der Waals surface area contributed by atoms with E-state index in [0.717, 1.165) is 11.1 Å². The number of nitrogens with one attached hydrogen (secondary N) is 2. The summed E-state index contributed by atoms with van der Waals surface area (Å²) in [5.74, 6) is -0.763. The van der Waals surface area contributed by atoms with Gasteiger partial charge in [0, 0.05) is 28.1 Å². The van der Waals surface area contributed by atoms with E-state index in [1.165, 1.54) is 4.90 Å². The topological polar surface area (TPSA) is 117 Å². The zero-order valence-electron chi connectivity index (χ0n) is 21.3. The Morgan fingerprint density at radius 2 is 1.62 bits per heavy atom. The van der Waals surface area contributed by atoms with Crippen LogP contribution < -0.4 is 21.3 Å². The number of aliphatic imine (C=N–C) groups is 1. The third-order valence-electron chi connectivity index (χ3n) is 6.34. The predicted octanol–water partition coefficient (Wildman–Crippen LogP) is 4.79. The van der Waals surface area contributed by atoms with Gasteiger partial charge in [-0.15, -0.1) is 0 Å². The monoisotopic (exact) mass is 517 g/mol. The number of benzodiazepines with no additional fused rings is 1. The number of urea groups is 1. The van der Waals surface area contributed by atoms with Crippen LogP contribution in [0.5, 0.6) is 0 Å². The minimum absolute atomic E-state index is 0.217. The number of rotatable bonds is 6. The van der Waals surface area contributed by atoms with Crippen molar-refractivity contribution in [3.63, 3.8) is 0 Å². The molecule has 3 amide bonds.